The smallest absolute Gasteiger partial charge is 0.274 e. The summed E-state index contributed by atoms with van der Waals surface area (Å²) < 4.78 is 0. The Morgan fingerprint density at radius 2 is 2.08 bits per heavy atom. The van der Waals surface area contributed by atoms with Crippen LogP contribution in [0.5, 0.6) is 0 Å². The highest BCUT2D eigenvalue weighted by Crippen LogP contribution is 2.25. The first-order valence-corrected chi connectivity index (χ1v) is 9.55. The van der Waals surface area contributed by atoms with Gasteiger partial charge in [0.2, 0.25) is 5.95 Å². The Kier molecular flexibility index (Phi) is 5.77. The third-order valence-corrected chi connectivity index (χ3v) is 5.10. The molecule has 0 aliphatic carbocycles. The number of anilines is 2. The molecule has 1 fully saturated rings. The van der Waals surface area contributed by atoms with Crippen LogP contribution in [0.4, 0.5) is 11.6 Å². The summed E-state index contributed by atoms with van der Waals surface area (Å²) in [6.45, 7) is 6.95. The Labute approximate surface area is 159 Å². The maximum atomic E-state index is 12.7. The Bertz CT molecular complexity index is 808. The van der Waals surface area contributed by atoms with Gasteiger partial charge in [0.05, 0.1) is 0 Å². The van der Waals surface area contributed by atoms with Crippen LogP contribution in [0.3, 0.4) is 0 Å². The molecule has 3 rings (SSSR count). The van der Waals surface area contributed by atoms with Crippen LogP contribution in [-0.2, 0) is 0 Å². The molecule has 2 heterocycles. The number of amides is 1. The summed E-state index contributed by atoms with van der Waals surface area (Å²) in [7, 11) is 0. The predicted octanol–water partition coefficient (Wildman–Crippen LogP) is 4.77. The maximum Gasteiger partial charge on any atom is 0.274 e. The summed E-state index contributed by atoms with van der Waals surface area (Å²) in [6.07, 6.45) is 4.59. The van der Waals surface area contributed by atoms with Gasteiger partial charge < -0.3 is 10.2 Å². The van der Waals surface area contributed by atoms with E-state index in [0.29, 0.717) is 22.7 Å². The lowest BCUT2D eigenvalue weighted by atomic mass is 10.0. The molecule has 1 unspecified atom stereocenters. The molecule has 138 valence electrons. The SMILES string of the molecule is CCC1CCCCN1c1nc(C)cc(C(=O)Nc2ccc(Cl)cc2C)n1. The van der Waals surface area contributed by atoms with Crippen molar-refractivity contribution in [2.45, 2.75) is 52.5 Å². The zero-order valence-corrected chi connectivity index (χ0v) is 16.3. The van der Waals surface area contributed by atoms with Crippen LogP contribution in [0.25, 0.3) is 0 Å². The van der Waals surface area contributed by atoms with Crippen molar-refractivity contribution in [1.82, 2.24) is 9.97 Å². The van der Waals surface area contributed by atoms with Gasteiger partial charge in [0.1, 0.15) is 5.69 Å². The number of aryl methyl sites for hydroxylation is 2. The number of rotatable bonds is 4. The van der Waals surface area contributed by atoms with Crippen LogP contribution in [0, 0.1) is 13.8 Å². The van der Waals surface area contributed by atoms with Gasteiger partial charge >= 0.3 is 0 Å². The summed E-state index contributed by atoms with van der Waals surface area (Å²) in [5.74, 6) is 0.432. The molecule has 1 N–H and O–H groups in total. The number of nitrogens with one attached hydrogen (secondary N) is 1. The fraction of sp³-hybridized carbons (Fsp3) is 0.450. The standard InChI is InChI=1S/C20H25ClN4O/c1-4-16-7-5-6-10-25(16)20-22-14(3)12-18(24-20)19(26)23-17-9-8-15(21)11-13(17)2/h8-9,11-12,16H,4-7,10H2,1-3H3,(H,23,26). The molecular weight excluding hydrogens is 348 g/mol. The number of hydrogen-bond donors (Lipinski definition) is 1. The minimum atomic E-state index is -0.229. The van der Waals surface area contributed by atoms with Crippen molar-refractivity contribution in [3.63, 3.8) is 0 Å². The zero-order chi connectivity index (χ0) is 18.7. The molecule has 1 amide bonds. The van der Waals surface area contributed by atoms with Gasteiger partial charge in [-0.05, 0) is 69.4 Å². The summed E-state index contributed by atoms with van der Waals surface area (Å²) in [5.41, 5.74) is 2.84. The number of aromatic nitrogens is 2. The van der Waals surface area contributed by atoms with Gasteiger partial charge in [-0.15, -0.1) is 0 Å². The molecule has 5 nitrogen and oxygen atoms in total. The van der Waals surface area contributed by atoms with Crippen molar-refractivity contribution in [2.24, 2.45) is 0 Å². The topological polar surface area (TPSA) is 58.1 Å². The third kappa shape index (κ3) is 4.15. The lowest BCUT2D eigenvalue weighted by Gasteiger charge is -2.35. The summed E-state index contributed by atoms with van der Waals surface area (Å²) in [4.78, 5) is 24.2. The van der Waals surface area contributed by atoms with Crippen LogP contribution in [0.1, 0.15) is 54.4 Å². The Hall–Kier alpha value is -2.14. The van der Waals surface area contributed by atoms with E-state index in [1.807, 2.05) is 26.0 Å². The van der Waals surface area contributed by atoms with E-state index in [4.69, 9.17) is 11.6 Å². The number of hydrogen-bond acceptors (Lipinski definition) is 4. The molecule has 0 saturated carbocycles. The molecule has 1 saturated heterocycles. The van der Waals surface area contributed by atoms with Gasteiger partial charge in [0, 0.05) is 29.0 Å². The van der Waals surface area contributed by atoms with Crippen molar-refractivity contribution >= 4 is 29.1 Å². The lowest BCUT2D eigenvalue weighted by Crippen LogP contribution is -2.40. The van der Waals surface area contributed by atoms with Crippen molar-refractivity contribution in [3.8, 4) is 0 Å². The van der Waals surface area contributed by atoms with Crippen LogP contribution in [-0.4, -0.2) is 28.5 Å². The van der Waals surface area contributed by atoms with Gasteiger partial charge in [0.25, 0.3) is 5.91 Å². The van der Waals surface area contributed by atoms with E-state index in [1.54, 1.807) is 12.1 Å². The summed E-state index contributed by atoms with van der Waals surface area (Å²) in [6, 6.07) is 7.57. The highest BCUT2D eigenvalue weighted by molar-refractivity contribution is 6.30. The molecule has 0 radical (unpaired) electrons. The molecule has 2 aromatic rings. The summed E-state index contributed by atoms with van der Waals surface area (Å²) in [5, 5.41) is 3.58. The Morgan fingerprint density at radius 3 is 2.81 bits per heavy atom. The molecule has 1 aromatic carbocycles. The molecule has 0 bridgehead atoms. The van der Waals surface area contributed by atoms with E-state index in [9.17, 15) is 4.79 Å². The molecule has 1 aromatic heterocycles. The highest BCUT2D eigenvalue weighted by atomic mass is 35.5. The number of halogens is 1. The van der Waals surface area contributed by atoms with E-state index < -0.39 is 0 Å². The van der Waals surface area contributed by atoms with Crippen LogP contribution in [0.15, 0.2) is 24.3 Å². The Balaban J connectivity index is 1.85. The number of nitrogens with zero attached hydrogens (tertiary/aromatic N) is 3. The lowest BCUT2D eigenvalue weighted by molar-refractivity contribution is 0.102. The van der Waals surface area contributed by atoms with Gasteiger partial charge in [-0.3, -0.25) is 4.79 Å². The normalized spacial score (nSPS) is 17.2. The first-order chi connectivity index (χ1) is 12.5. The highest BCUT2D eigenvalue weighted by Gasteiger charge is 2.24. The van der Waals surface area contributed by atoms with Crippen LogP contribution >= 0.6 is 11.6 Å². The Morgan fingerprint density at radius 1 is 1.27 bits per heavy atom. The number of carbonyl (C=O) groups is 1. The third-order valence-electron chi connectivity index (χ3n) is 4.87. The number of piperidine rings is 1. The van der Waals surface area contributed by atoms with Crippen molar-refractivity contribution < 1.29 is 4.79 Å². The fourth-order valence-corrected chi connectivity index (χ4v) is 3.67. The molecule has 26 heavy (non-hydrogen) atoms. The van der Waals surface area contributed by atoms with Crippen molar-refractivity contribution in [1.29, 1.82) is 0 Å². The zero-order valence-electron chi connectivity index (χ0n) is 15.6. The molecule has 1 aliphatic rings. The van der Waals surface area contributed by atoms with E-state index in [2.05, 4.69) is 27.1 Å². The fourth-order valence-electron chi connectivity index (χ4n) is 3.44. The second kappa shape index (κ2) is 8.04. The van der Waals surface area contributed by atoms with Gasteiger partial charge in [-0.1, -0.05) is 18.5 Å². The van der Waals surface area contributed by atoms with Crippen LogP contribution < -0.4 is 10.2 Å². The van der Waals surface area contributed by atoms with E-state index in [1.165, 1.54) is 6.42 Å². The minimum Gasteiger partial charge on any atom is -0.338 e. The second-order valence-corrected chi connectivity index (χ2v) is 7.30. The van der Waals surface area contributed by atoms with Crippen molar-refractivity contribution in [3.05, 3.63) is 46.2 Å². The average Bonchev–Trinajstić information content (AvgIpc) is 2.63. The van der Waals surface area contributed by atoms with Crippen LogP contribution in [0.2, 0.25) is 5.02 Å². The summed E-state index contributed by atoms with van der Waals surface area (Å²) >= 11 is 5.99. The number of carbonyl (C=O) groups excluding carboxylic acids is 1. The van der Waals surface area contributed by atoms with Gasteiger partial charge in [-0.2, -0.15) is 0 Å². The largest absolute Gasteiger partial charge is 0.338 e. The predicted molar refractivity (Wildman–Crippen MR) is 106 cm³/mol. The molecule has 0 spiro atoms. The first kappa shape index (κ1) is 18.6. The number of benzene rings is 1. The van der Waals surface area contributed by atoms with Gasteiger partial charge in [0.15, 0.2) is 0 Å². The van der Waals surface area contributed by atoms with E-state index >= 15 is 0 Å². The monoisotopic (exact) mass is 372 g/mol. The molecular formula is C20H25ClN4O. The maximum absolute atomic E-state index is 12.7. The average molecular weight is 373 g/mol. The molecule has 1 aliphatic heterocycles. The molecule has 1 atom stereocenters. The molecule has 6 heteroatoms. The van der Waals surface area contributed by atoms with E-state index in [-0.39, 0.29) is 5.91 Å². The minimum absolute atomic E-state index is 0.229. The van der Waals surface area contributed by atoms with E-state index in [0.717, 1.165) is 42.8 Å². The first-order valence-electron chi connectivity index (χ1n) is 9.17. The van der Waals surface area contributed by atoms with Gasteiger partial charge in [-0.25, -0.2) is 9.97 Å². The van der Waals surface area contributed by atoms with Crippen molar-refractivity contribution in [2.75, 3.05) is 16.8 Å². The second-order valence-electron chi connectivity index (χ2n) is 6.86. The quantitative estimate of drug-likeness (QED) is 0.839.